The molecule has 5 nitrogen and oxygen atoms in total. The average molecular weight is 327 g/mol. The molecule has 24 heavy (non-hydrogen) atoms. The Balaban J connectivity index is 1.57. The van der Waals surface area contributed by atoms with Crippen LogP contribution < -0.4 is 0 Å². The standard InChI is InChI=1S/C19H21NO4/c1-19(16-3-2-4-17(19)14-6-5-13(16)11-14)24-18(21)12-7-9-15(10-8-12)20(22)23/h5-10,13-14,16-17H,2-4,11H2,1H3. The van der Waals surface area contributed by atoms with E-state index in [1.165, 1.54) is 37.1 Å². The van der Waals surface area contributed by atoms with Crippen LogP contribution in [0.25, 0.3) is 0 Å². The van der Waals surface area contributed by atoms with Gasteiger partial charge in [0.15, 0.2) is 0 Å². The van der Waals surface area contributed by atoms with Crippen LogP contribution in [-0.4, -0.2) is 16.5 Å². The molecule has 5 heteroatoms. The number of nitro benzene ring substituents is 1. The first-order chi connectivity index (χ1) is 11.5. The molecule has 0 heterocycles. The smallest absolute Gasteiger partial charge is 0.338 e. The van der Waals surface area contributed by atoms with Crippen LogP contribution in [0.4, 0.5) is 5.69 Å². The molecule has 2 saturated carbocycles. The highest BCUT2D eigenvalue weighted by atomic mass is 16.6. The summed E-state index contributed by atoms with van der Waals surface area (Å²) in [4.78, 5) is 22.9. The molecule has 4 atom stereocenters. The molecule has 0 radical (unpaired) electrons. The van der Waals surface area contributed by atoms with E-state index in [1.807, 2.05) is 0 Å². The molecular formula is C19H21NO4. The normalized spacial score (nSPS) is 36.4. The molecule has 0 aliphatic heterocycles. The highest BCUT2D eigenvalue weighted by Crippen LogP contribution is 2.57. The van der Waals surface area contributed by atoms with Crippen molar-refractivity contribution in [2.24, 2.45) is 23.7 Å². The van der Waals surface area contributed by atoms with Gasteiger partial charge >= 0.3 is 5.97 Å². The van der Waals surface area contributed by atoms with Gasteiger partial charge in [0.05, 0.1) is 10.5 Å². The van der Waals surface area contributed by atoms with Crippen molar-refractivity contribution in [3.05, 3.63) is 52.1 Å². The summed E-state index contributed by atoms with van der Waals surface area (Å²) >= 11 is 0. The fourth-order valence-electron chi connectivity index (χ4n) is 5.17. The maximum Gasteiger partial charge on any atom is 0.338 e. The Bertz CT molecular complexity index is 689. The summed E-state index contributed by atoms with van der Waals surface area (Å²) < 4.78 is 6.06. The molecule has 4 rings (SSSR count). The molecule has 3 aliphatic carbocycles. The van der Waals surface area contributed by atoms with Crippen molar-refractivity contribution in [1.29, 1.82) is 0 Å². The van der Waals surface area contributed by atoms with Gasteiger partial charge in [0.25, 0.3) is 5.69 Å². The molecular weight excluding hydrogens is 306 g/mol. The number of esters is 1. The van der Waals surface area contributed by atoms with Crippen LogP contribution >= 0.6 is 0 Å². The van der Waals surface area contributed by atoms with Crippen molar-refractivity contribution >= 4 is 11.7 Å². The number of carbonyl (C=O) groups is 1. The first-order valence-corrected chi connectivity index (χ1v) is 8.65. The number of allylic oxidation sites excluding steroid dienone is 2. The molecule has 4 bridgehead atoms. The number of nitrogens with zero attached hydrogens (tertiary/aromatic N) is 1. The third-order valence-electron chi connectivity index (χ3n) is 6.31. The number of benzene rings is 1. The molecule has 0 amide bonds. The minimum Gasteiger partial charge on any atom is -0.455 e. The number of ether oxygens (including phenoxy) is 1. The van der Waals surface area contributed by atoms with E-state index in [-0.39, 0.29) is 11.7 Å². The molecule has 4 unspecified atom stereocenters. The van der Waals surface area contributed by atoms with E-state index in [0.717, 1.165) is 12.8 Å². The molecule has 1 aromatic rings. The Labute approximate surface area is 140 Å². The number of fused-ring (bicyclic) bond motifs is 6. The SMILES string of the molecule is CC1(OC(=O)c2ccc([N+](=O)[O-])cc2)C2CCCC1C1C=CC2C1. The van der Waals surface area contributed by atoms with Crippen LogP contribution in [0.2, 0.25) is 0 Å². The zero-order valence-corrected chi connectivity index (χ0v) is 13.7. The van der Waals surface area contributed by atoms with Crippen LogP contribution in [0.5, 0.6) is 0 Å². The van der Waals surface area contributed by atoms with E-state index in [0.29, 0.717) is 29.2 Å². The van der Waals surface area contributed by atoms with E-state index in [1.54, 1.807) is 0 Å². The van der Waals surface area contributed by atoms with Gasteiger partial charge in [-0.3, -0.25) is 10.1 Å². The Morgan fingerprint density at radius 3 is 2.29 bits per heavy atom. The number of rotatable bonds is 3. The monoisotopic (exact) mass is 327 g/mol. The summed E-state index contributed by atoms with van der Waals surface area (Å²) in [6, 6.07) is 5.67. The zero-order chi connectivity index (χ0) is 16.9. The van der Waals surface area contributed by atoms with Crippen molar-refractivity contribution in [2.75, 3.05) is 0 Å². The van der Waals surface area contributed by atoms with Crippen LogP contribution in [0.15, 0.2) is 36.4 Å². The minimum atomic E-state index is -0.467. The summed E-state index contributed by atoms with van der Waals surface area (Å²) in [6.45, 7) is 2.09. The van der Waals surface area contributed by atoms with Crippen molar-refractivity contribution < 1.29 is 14.5 Å². The molecule has 1 aromatic carbocycles. The van der Waals surface area contributed by atoms with Gasteiger partial charge in [0, 0.05) is 24.0 Å². The van der Waals surface area contributed by atoms with Gasteiger partial charge < -0.3 is 4.74 Å². The van der Waals surface area contributed by atoms with E-state index >= 15 is 0 Å². The lowest BCUT2D eigenvalue weighted by atomic mass is 9.57. The molecule has 0 N–H and O–H groups in total. The average Bonchev–Trinajstić information content (AvgIpc) is 3.01. The largest absolute Gasteiger partial charge is 0.455 e. The van der Waals surface area contributed by atoms with Crippen molar-refractivity contribution in [3.8, 4) is 0 Å². The molecule has 3 aliphatic rings. The number of nitro groups is 1. The first kappa shape index (κ1) is 15.4. The van der Waals surface area contributed by atoms with Crippen LogP contribution in [0.1, 0.15) is 43.0 Å². The Hall–Kier alpha value is -2.17. The highest BCUT2D eigenvalue weighted by molar-refractivity contribution is 5.90. The van der Waals surface area contributed by atoms with Crippen LogP contribution in [-0.2, 0) is 4.74 Å². The number of hydrogen-bond donors (Lipinski definition) is 0. The molecule has 126 valence electrons. The Morgan fingerprint density at radius 1 is 1.17 bits per heavy atom. The first-order valence-electron chi connectivity index (χ1n) is 8.65. The predicted octanol–water partition coefficient (Wildman–Crippen LogP) is 4.13. The molecule has 0 spiro atoms. The Kier molecular flexibility index (Phi) is 3.48. The molecule has 0 saturated heterocycles. The summed E-state index contributed by atoms with van der Waals surface area (Å²) in [6.07, 6.45) is 9.23. The van der Waals surface area contributed by atoms with E-state index in [2.05, 4.69) is 19.1 Å². The zero-order valence-electron chi connectivity index (χ0n) is 13.7. The second kappa shape index (κ2) is 5.43. The van der Waals surface area contributed by atoms with E-state index < -0.39 is 10.5 Å². The van der Waals surface area contributed by atoms with Crippen LogP contribution in [0.3, 0.4) is 0 Å². The molecule has 0 aromatic heterocycles. The van der Waals surface area contributed by atoms with Crippen molar-refractivity contribution in [1.82, 2.24) is 0 Å². The van der Waals surface area contributed by atoms with Crippen molar-refractivity contribution in [3.63, 3.8) is 0 Å². The van der Waals surface area contributed by atoms with E-state index in [4.69, 9.17) is 4.74 Å². The number of non-ortho nitro benzene ring substituents is 1. The number of hydrogen-bond acceptors (Lipinski definition) is 4. The lowest BCUT2D eigenvalue weighted by Crippen LogP contribution is -2.55. The van der Waals surface area contributed by atoms with Gasteiger partial charge in [0.1, 0.15) is 5.60 Å². The van der Waals surface area contributed by atoms with Gasteiger partial charge in [-0.05, 0) is 50.2 Å². The fraction of sp³-hybridized carbons (Fsp3) is 0.526. The predicted molar refractivity (Wildman–Crippen MR) is 88.5 cm³/mol. The second-order valence-corrected chi connectivity index (χ2v) is 7.47. The van der Waals surface area contributed by atoms with Crippen LogP contribution in [0, 0.1) is 33.8 Å². The minimum absolute atomic E-state index is 0.0189. The Morgan fingerprint density at radius 2 is 1.75 bits per heavy atom. The maximum atomic E-state index is 12.7. The third kappa shape index (κ3) is 2.26. The third-order valence-corrected chi connectivity index (χ3v) is 6.31. The lowest BCUT2D eigenvalue weighted by molar-refractivity contribution is -0.384. The quantitative estimate of drug-likeness (QED) is 0.362. The van der Waals surface area contributed by atoms with Crippen molar-refractivity contribution in [2.45, 2.75) is 38.2 Å². The summed E-state index contributed by atoms with van der Waals surface area (Å²) in [5, 5.41) is 10.7. The topological polar surface area (TPSA) is 69.4 Å². The van der Waals surface area contributed by atoms with Gasteiger partial charge in [0.2, 0.25) is 0 Å². The van der Waals surface area contributed by atoms with Gasteiger partial charge in [-0.2, -0.15) is 0 Å². The van der Waals surface area contributed by atoms with E-state index in [9.17, 15) is 14.9 Å². The summed E-state index contributed by atoms with van der Waals surface area (Å²) in [5.41, 5.74) is -0.0749. The maximum absolute atomic E-state index is 12.7. The summed E-state index contributed by atoms with van der Waals surface area (Å²) in [5.74, 6) is 1.43. The van der Waals surface area contributed by atoms with Gasteiger partial charge in [-0.1, -0.05) is 18.6 Å². The lowest BCUT2D eigenvalue weighted by Gasteiger charge is -2.53. The fourth-order valence-corrected chi connectivity index (χ4v) is 5.17. The number of carbonyl (C=O) groups excluding carboxylic acids is 1. The molecule has 2 fully saturated rings. The highest BCUT2D eigenvalue weighted by Gasteiger charge is 2.57. The second-order valence-electron chi connectivity index (χ2n) is 7.47. The van der Waals surface area contributed by atoms with Gasteiger partial charge in [-0.25, -0.2) is 4.79 Å². The summed E-state index contributed by atoms with van der Waals surface area (Å²) in [7, 11) is 0. The van der Waals surface area contributed by atoms with Gasteiger partial charge in [-0.15, -0.1) is 0 Å².